The molecule has 4 aromatic rings. The fourth-order valence-corrected chi connectivity index (χ4v) is 7.21. The van der Waals surface area contributed by atoms with Gasteiger partial charge in [0, 0.05) is 48.7 Å². The number of imide groups is 2. The van der Waals surface area contributed by atoms with Crippen molar-refractivity contribution in [3.63, 3.8) is 0 Å². The molecule has 0 aliphatic carbocycles. The number of nitrogens with one attached hydrogen (secondary N) is 3. The van der Waals surface area contributed by atoms with Gasteiger partial charge in [-0.1, -0.05) is 30.2 Å². The Bertz CT molecular complexity index is 2240. The number of fused-ring (bicyclic) bond motifs is 2. The number of piperidine rings is 2. The largest absolute Gasteiger partial charge is 0.371 e. The topological polar surface area (TPSA) is 171 Å². The van der Waals surface area contributed by atoms with Crippen molar-refractivity contribution in [1.29, 1.82) is 0 Å². The number of hydrogen-bond acceptors (Lipinski definition) is 10. The summed E-state index contributed by atoms with van der Waals surface area (Å²) in [4.78, 5) is 62.9. The molecule has 14 heteroatoms. The minimum absolute atomic E-state index is 0.0740. The van der Waals surface area contributed by atoms with Gasteiger partial charge in [-0.3, -0.25) is 34.1 Å². The molecule has 4 amide bonds. The van der Waals surface area contributed by atoms with Crippen LogP contribution in [0, 0.1) is 17.8 Å². The van der Waals surface area contributed by atoms with Crippen LogP contribution in [0.15, 0.2) is 66.7 Å². The Morgan fingerprint density at radius 2 is 1.65 bits per heavy atom. The van der Waals surface area contributed by atoms with Crippen LogP contribution in [0.3, 0.4) is 0 Å². The van der Waals surface area contributed by atoms with Crippen LogP contribution in [0.2, 0.25) is 0 Å². The van der Waals surface area contributed by atoms with Gasteiger partial charge in [0.15, 0.2) is 0 Å². The zero-order chi connectivity index (χ0) is 35.7. The molecule has 3 aromatic carbocycles. The highest BCUT2D eigenvalue weighted by Crippen LogP contribution is 2.32. The number of benzene rings is 3. The third kappa shape index (κ3) is 7.39. The van der Waals surface area contributed by atoms with Crippen molar-refractivity contribution in [2.75, 3.05) is 40.8 Å². The van der Waals surface area contributed by atoms with Gasteiger partial charge in [0.2, 0.25) is 27.7 Å². The van der Waals surface area contributed by atoms with Crippen molar-refractivity contribution < 1.29 is 27.6 Å². The lowest BCUT2D eigenvalue weighted by molar-refractivity contribution is -0.136. The molecule has 260 valence electrons. The summed E-state index contributed by atoms with van der Waals surface area (Å²) in [5.74, 6) is 5.72. The summed E-state index contributed by atoms with van der Waals surface area (Å²) in [5.41, 5.74) is 3.69. The number of aromatic nitrogens is 2. The Morgan fingerprint density at radius 1 is 0.902 bits per heavy atom. The Kier molecular flexibility index (Phi) is 9.14. The molecule has 0 saturated carbocycles. The number of carbonyl (C=O) groups is 4. The summed E-state index contributed by atoms with van der Waals surface area (Å²) < 4.78 is 25.4. The second-order valence-electron chi connectivity index (χ2n) is 12.9. The number of nitrogens with zero attached hydrogens (tertiary/aromatic N) is 4. The molecule has 13 nitrogen and oxygen atoms in total. The zero-order valence-corrected chi connectivity index (χ0v) is 28.6. The second-order valence-corrected chi connectivity index (χ2v) is 14.6. The Labute approximate surface area is 294 Å². The second kappa shape index (κ2) is 13.8. The first-order valence-electron chi connectivity index (χ1n) is 16.7. The third-order valence-corrected chi connectivity index (χ3v) is 9.84. The fourth-order valence-electron chi connectivity index (χ4n) is 6.65. The summed E-state index contributed by atoms with van der Waals surface area (Å²) in [6.45, 7) is 2.00. The van der Waals surface area contributed by atoms with Crippen LogP contribution >= 0.6 is 0 Å². The molecule has 1 unspecified atom stereocenters. The molecule has 0 spiro atoms. The van der Waals surface area contributed by atoms with E-state index in [1.807, 2.05) is 42.5 Å². The van der Waals surface area contributed by atoms with Gasteiger partial charge in [0.25, 0.3) is 11.8 Å². The van der Waals surface area contributed by atoms with Gasteiger partial charge in [0.1, 0.15) is 11.9 Å². The van der Waals surface area contributed by atoms with E-state index in [0.717, 1.165) is 46.2 Å². The quantitative estimate of drug-likeness (QED) is 0.183. The highest BCUT2D eigenvalue weighted by atomic mass is 32.2. The lowest BCUT2D eigenvalue weighted by Crippen LogP contribution is -2.54. The maximum Gasteiger partial charge on any atom is 0.262 e. The molecule has 4 heterocycles. The first-order chi connectivity index (χ1) is 24.5. The highest BCUT2D eigenvalue weighted by molar-refractivity contribution is 7.92. The highest BCUT2D eigenvalue weighted by Gasteiger charge is 2.44. The zero-order valence-electron chi connectivity index (χ0n) is 27.8. The normalized spacial score (nSPS) is 17.9. The molecule has 2 saturated heterocycles. The number of sulfonamides is 1. The van der Waals surface area contributed by atoms with Crippen LogP contribution in [0.25, 0.3) is 10.9 Å². The van der Waals surface area contributed by atoms with E-state index in [-0.39, 0.29) is 29.9 Å². The van der Waals surface area contributed by atoms with E-state index < -0.39 is 39.7 Å². The Hall–Kier alpha value is -5.81. The summed E-state index contributed by atoms with van der Waals surface area (Å²) in [6.07, 6.45) is 3.58. The van der Waals surface area contributed by atoms with Crippen molar-refractivity contribution in [3.8, 4) is 11.8 Å². The molecular weight excluding hydrogens is 671 g/mol. The van der Waals surface area contributed by atoms with E-state index >= 15 is 0 Å². The minimum Gasteiger partial charge on any atom is -0.371 e. The van der Waals surface area contributed by atoms with Gasteiger partial charge >= 0.3 is 0 Å². The molecule has 7 rings (SSSR count). The molecule has 0 bridgehead atoms. The first-order valence-corrected chi connectivity index (χ1v) is 18.6. The third-order valence-electron chi connectivity index (χ3n) is 9.24. The van der Waals surface area contributed by atoms with Crippen molar-refractivity contribution in [1.82, 2.24) is 20.2 Å². The molecule has 51 heavy (non-hydrogen) atoms. The maximum absolute atomic E-state index is 13.3. The van der Waals surface area contributed by atoms with Crippen molar-refractivity contribution >= 4 is 61.7 Å². The molecule has 3 aliphatic heterocycles. The molecule has 3 aliphatic rings. The van der Waals surface area contributed by atoms with E-state index in [4.69, 9.17) is 4.98 Å². The molecule has 2 fully saturated rings. The standard InChI is InChI=1S/C37H35N7O6S/c1-51(49,50)42-25-9-6-23(7-10-25)16-19-38-34-28-4-2-3-5-30(28)39-32(40-34)14-8-24-17-20-43(21-18-24)26-11-12-27-29(22-26)37(48)44(36(27)47)31-13-15-33(45)41-35(31)46/h2-7,9-12,22,24,31,42H,13,15-21H2,1H3,(H,38,39,40)(H,41,45,46). The summed E-state index contributed by atoms with van der Waals surface area (Å²) in [5, 5.41) is 6.53. The van der Waals surface area contributed by atoms with Crippen molar-refractivity contribution in [3.05, 3.63) is 89.2 Å². The van der Waals surface area contributed by atoms with Gasteiger partial charge in [-0.15, -0.1) is 0 Å². The van der Waals surface area contributed by atoms with E-state index in [1.54, 1.807) is 24.3 Å². The average Bonchev–Trinajstić information content (AvgIpc) is 3.36. The molecule has 1 atom stereocenters. The lowest BCUT2D eigenvalue weighted by atomic mass is 9.96. The predicted molar refractivity (Wildman–Crippen MR) is 192 cm³/mol. The monoisotopic (exact) mass is 705 g/mol. The van der Waals surface area contributed by atoms with Gasteiger partial charge in [-0.2, -0.15) is 0 Å². The number of hydrogen-bond donors (Lipinski definition) is 3. The van der Waals surface area contributed by atoms with Crippen LogP contribution in [0.4, 0.5) is 17.2 Å². The van der Waals surface area contributed by atoms with Crippen LogP contribution in [-0.4, -0.2) is 78.8 Å². The molecule has 3 N–H and O–H groups in total. The van der Waals surface area contributed by atoms with Gasteiger partial charge < -0.3 is 10.2 Å². The maximum atomic E-state index is 13.3. The smallest absolute Gasteiger partial charge is 0.262 e. The van der Waals surface area contributed by atoms with E-state index in [2.05, 4.69) is 37.1 Å². The van der Waals surface area contributed by atoms with Crippen LogP contribution in [0.1, 0.15) is 57.8 Å². The molecule has 1 aromatic heterocycles. The van der Waals surface area contributed by atoms with Crippen LogP contribution in [-0.2, 0) is 26.0 Å². The van der Waals surface area contributed by atoms with Gasteiger partial charge in [-0.25, -0.2) is 18.4 Å². The summed E-state index contributed by atoms with van der Waals surface area (Å²) in [6, 6.07) is 19.2. The van der Waals surface area contributed by atoms with Crippen LogP contribution < -0.4 is 20.3 Å². The number of amides is 4. The summed E-state index contributed by atoms with van der Waals surface area (Å²) in [7, 11) is -3.33. The van der Waals surface area contributed by atoms with E-state index in [0.29, 0.717) is 43.4 Å². The SMILES string of the molecule is CS(=O)(=O)Nc1ccc(CCNc2nc(C#CC3CCN(c4ccc5c(c4)C(=O)N(C4CCC(=O)NC4=O)C5=O)CC3)nc3ccccc23)cc1. The van der Waals surface area contributed by atoms with Crippen molar-refractivity contribution in [2.45, 2.75) is 38.1 Å². The van der Waals surface area contributed by atoms with Crippen molar-refractivity contribution in [2.24, 2.45) is 5.92 Å². The Morgan fingerprint density at radius 3 is 2.39 bits per heavy atom. The first kappa shape index (κ1) is 33.7. The minimum atomic E-state index is -3.33. The number of carbonyl (C=O) groups excluding carboxylic acids is 4. The number of para-hydroxylation sites is 1. The lowest BCUT2D eigenvalue weighted by Gasteiger charge is -2.31. The van der Waals surface area contributed by atoms with Gasteiger partial charge in [-0.05, 0) is 79.6 Å². The van der Waals surface area contributed by atoms with Gasteiger partial charge in [0.05, 0.1) is 22.9 Å². The number of anilines is 3. The fraction of sp³-hybridized carbons (Fsp3) is 0.297. The predicted octanol–water partition coefficient (Wildman–Crippen LogP) is 3.33. The molecule has 0 radical (unpaired) electrons. The van der Waals surface area contributed by atoms with E-state index in [1.165, 1.54) is 0 Å². The Balaban J connectivity index is 0.982. The molecular formula is C37H35N7O6S. The summed E-state index contributed by atoms with van der Waals surface area (Å²) >= 11 is 0. The van der Waals surface area contributed by atoms with Crippen LogP contribution in [0.5, 0.6) is 0 Å². The van der Waals surface area contributed by atoms with E-state index in [9.17, 15) is 27.6 Å². The number of rotatable bonds is 8. The average molecular weight is 706 g/mol.